The summed E-state index contributed by atoms with van der Waals surface area (Å²) in [5.41, 5.74) is 2.38. The maximum absolute atomic E-state index is 5.49. The molecule has 0 radical (unpaired) electrons. The van der Waals surface area contributed by atoms with Crippen molar-refractivity contribution in [1.82, 2.24) is 5.32 Å². The fourth-order valence-electron chi connectivity index (χ4n) is 2.18. The van der Waals surface area contributed by atoms with Crippen LogP contribution in [-0.4, -0.2) is 26.9 Å². The average Bonchev–Trinajstić information content (AvgIpc) is 2.39. The highest BCUT2D eigenvalue weighted by molar-refractivity contribution is 5.39. The number of methoxy groups -OCH3 is 2. The van der Waals surface area contributed by atoms with E-state index in [2.05, 4.69) is 38.2 Å². The molecule has 0 amide bonds. The van der Waals surface area contributed by atoms with Crippen molar-refractivity contribution in [3.05, 3.63) is 29.3 Å². The molecule has 0 spiro atoms. The van der Waals surface area contributed by atoms with Gasteiger partial charge in [-0.25, -0.2) is 0 Å². The van der Waals surface area contributed by atoms with Gasteiger partial charge in [-0.1, -0.05) is 17.7 Å². The molecule has 0 saturated carbocycles. The number of benzene rings is 1. The van der Waals surface area contributed by atoms with Gasteiger partial charge in [0, 0.05) is 18.7 Å². The van der Waals surface area contributed by atoms with Crippen molar-refractivity contribution >= 4 is 0 Å². The van der Waals surface area contributed by atoms with E-state index in [4.69, 9.17) is 9.47 Å². The smallest absolute Gasteiger partial charge is 0.123 e. The van der Waals surface area contributed by atoms with Gasteiger partial charge in [-0.3, -0.25) is 0 Å². The Hall–Kier alpha value is -1.06. The summed E-state index contributed by atoms with van der Waals surface area (Å²) in [6.07, 6.45) is 2.00. The normalized spacial score (nSPS) is 13.4. The molecule has 1 unspecified atom stereocenters. The first-order valence-electron chi connectivity index (χ1n) is 6.80. The molecule has 0 saturated heterocycles. The van der Waals surface area contributed by atoms with Crippen LogP contribution in [0.3, 0.4) is 0 Å². The van der Waals surface area contributed by atoms with Gasteiger partial charge in [-0.2, -0.15) is 0 Å². The zero-order valence-corrected chi connectivity index (χ0v) is 13.0. The summed E-state index contributed by atoms with van der Waals surface area (Å²) in [6, 6.07) is 6.59. The molecule has 3 nitrogen and oxygen atoms in total. The number of hydrogen-bond donors (Lipinski definition) is 1. The number of ether oxygens (including phenoxy) is 2. The van der Waals surface area contributed by atoms with Gasteiger partial charge >= 0.3 is 0 Å². The van der Waals surface area contributed by atoms with Crippen LogP contribution < -0.4 is 10.1 Å². The van der Waals surface area contributed by atoms with Gasteiger partial charge in [0.15, 0.2) is 0 Å². The van der Waals surface area contributed by atoms with Crippen molar-refractivity contribution in [1.29, 1.82) is 0 Å². The molecule has 0 heterocycles. The molecule has 0 bridgehead atoms. The van der Waals surface area contributed by atoms with Crippen molar-refractivity contribution in [2.45, 2.75) is 45.3 Å². The highest BCUT2D eigenvalue weighted by atomic mass is 16.5. The second-order valence-electron chi connectivity index (χ2n) is 5.59. The third kappa shape index (κ3) is 4.51. The summed E-state index contributed by atoms with van der Waals surface area (Å²) < 4.78 is 11.0. The van der Waals surface area contributed by atoms with Crippen molar-refractivity contribution < 1.29 is 9.47 Å². The summed E-state index contributed by atoms with van der Waals surface area (Å²) >= 11 is 0. The Bertz CT molecular complexity index is 402. The van der Waals surface area contributed by atoms with Gasteiger partial charge < -0.3 is 14.8 Å². The average molecular weight is 265 g/mol. The molecule has 1 rings (SSSR count). The summed E-state index contributed by atoms with van der Waals surface area (Å²) in [7, 11) is 5.48. The SMILES string of the molecule is CNC(CCC(C)(C)OC)c1cc(C)ccc1OC. The van der Waals surface area contributed by atoms with E-state index in [0.717, 1.165) is 18.6 Å². The molecule has 1 aromatic rings. The summed E-state index contributed by atoms with van der Waals surface area (Å²) in [6.45, 7) is 6.34. The van der Waals surface area contributed by atoms with E-state index in [1.165, 1.54) is 11.1 Å². The third-order valence-electron chi connectivity index (χ3n) is 3.70. The van der Waals surface area contributed by atoms with E-state index in [-0.39, 0.29) is 11.6 Å². The van der Waals surface area contributed by atoms with Crippen molar-refractivity contribution in [3.8, 4) is 5.75 Å². The van der Waals surface area contributed by atoms with Gasteiger partial charge in [0.25, 0.3) is 0 Å². The van der Waals surface area contributed by atoms with Crippen LogP contribution in [0.1, 0.15) is 43.9 Å². The Kier molecular flexibility index (Phi) is 5.83. The maximum Gasteiger partial charge on any atom is 0.123 e. The highest BCUT2D eigenvalue weighted by Crippen LogP contribution is 2.31. The Morgan fingerprint density at radius 2 is 1.95 bits per heavy atom. The summed E-state index contributed by atoms with van der Waals surface area (Å²) in [5, 5.41) is 3.38. The molecular formula is C16H27NO2. The van der Waals surface area contributed by atoms with Crippen LogP contribution in [0.25, 0.3) is 0 Å². The van der Waals surface area contributed by atoms with E-state index in [1.807, 2.05) is 13.1 Å². The lowest BCUT2D eigenvalue weighted by Gasteiger charge is -2.27. The van der Waals surface area contributed by atoms with Crippen LogP contribution in [0, 0.1) is 6.92 Å². The van der Waals surface area contributed by atoms with Crippen LogP contribution >= 0.6 is 0 Å². The number of nitrogens with one attached hydrogen (secondary N) is 1. The van der Waals surface area contributed by atoms with E-state index in [9.17, 15) is 0 Å². The van der Waals surface area contributed by atoms with E-state index >= 15 is 0 Å². The largest absolute Gasteiger partial charge is 0.496 e. The Morgan fingerprint density at radius 3 is 2.47 bits per heavy atom. The molecule has 1 aromatic carbocycles. The molecule has 0 aliphatic rings. The Labute approximate surface area is 117 Å². The number of rotatable bonds is 7. The minimum atomic E-state index is -0.0911. The van der Waals surface area contributed by atoms with Crippen LogP contribution in [0.4, 0.5) is 0 Å². The lowest BCUT2D eigenvalue weighted by molar-refractivity contribution is 0.0118. The monoisotopic (exact) mass is 265 g/mol. The van der Waals surface area contributed by atoms with Crippen molar-refractivity contribution in [2.75, 3.05) is 21.3 Å². The van der Waals surface area contributed by atoms with Crippen molar-refractivity contribution in [2.24, 2.45) is 0 Å². The van der Waals surface area contributed by atoms with Gasteiger partial charge in [-0.15, -0.1) is 0 Å². The van der Waals surface area contributed by atoms with Gasteiger partial charge in [0.2, 0.25) is 0 Å². The summed E-state index contributed by atoms with van der Waals surface area (Å²) in [5.74, 6) is 0.945. The molecule has 3 heteroatoms. The van der Waals surface area contributed by atoms with Crippen LogP contribution in [0.2, 0.25) is 0 Å². The fraction of sp³-hybridized carbons (Fsp3) is 0.625. The first-order valence-corrected chi connectivity index (χ1v) is 6.80. The van der Waals surface area contributed by atoms with E-state index < -0.39 is 0 Å². The quantitative estimate of drug-likeness (QED) is 0.819. The molecule has 19 heavy (non-hydrogen) atoms. The maximum atomic E-state index is 5.49. The topological polar surface area (TPSA) is 30.5 Å². The Morgan fingerprint density at radius 1 is 1.26 bits per heavy atom. The number of aryl methyl sites for hydroxylation is 1. The predicted molar refractivity (Wildman–Crippen MR) is 79.9 cm³/mol. The zero-order valence-electron chi connectivity index (χ0n) is 13.0. The molecule has 0 aliphatic carbocycles. The molecule has 1 atom stereocenters. The highest BCUT2D eigenvalue weighted by Gasteiger charge is 2.21. The van der Waals surface area contributed by atoms with E-state index in [1.54, 1.807) is 14.2 Å². The molecule has 1 N–H and O–H groups in total. The first-order chi connectivity index (χ1) is 8.93. The van der Waals surface area contributed by atoms with Crippen LogP contribution in [-0.2, 0) is 4.74 Å². The molecule has 108 valence electrons. The van der Waals surface area contributed by atoms with Gasteiger partial charge in [0.05, 0.1) is 12.7 Å². The lowest BCUT2D eigenvalue weighted by atomic mass is 9.93. The third-order valence-corrected chi connectivity index (χ3v) is 3.70. The van der Waals surface area contributed by atoms with Crippen molar-refractivity contribution in [3.63, 3.8) is 0 Å². The van der Waals surface area contributed by atoms with Crippen LogP contribution in [0.5, 0.6) is 5.75 Å². The lowest BCUT2D eigenvalue weighted by Crippen LogP contribution is -2.26. The van der Waals surface area contributed by atoms with Crippen LogP contribution in [0.15, 0.2) is 18.2 Å². The second-order valence-corrected chi connectivity index (χ2v) is 5.59. The van der Waals surface area contributed by atoms with Gasteiger partial charge in [0.1, 0.15) is 5.75 Å². The zero-order chi connectivity index (χ0) is 14.5. The molecule has 0 aromatic heterocycles. The predicted octanol–water partition coefficient (Wildman–Crippen LogP) is 3.47. The number of hydrogen-bond acceptors (Lipinski definition) is 3. The fourth-order valence-corrected chi connectivity index (χ4v) is 2.18. The first kappa shape index (κ1) is 16.0. The molecular weight excluding hydrogens is 238 g/mol. The minimum absolute atomic E-state index is 0.0911. The van der Waals surface area contributed by atoms with E-state index in [0.29, 0.717) is 0 Å². The minimum Gasteiger partial charge on any atom is -0.496 e. The van der Waals surface area contributed by atoms with Gasteiger partial charge in [-0.05, 0) is 46.7 Å². The standard InChI is InChI=1S/C16H27NO2/c1-12-7-8-15(18-5)13(11-12)14(17-4)9-10-16(2,3)19-6/h7-8,11,14,17H,9-10H2,1-6H3. The second kappa shape index (κ2) is 6.92. The molecule has 0 fully saturated rings. The molecule has 0 aliphatic heterocycles. The summed E-state index contributed by atoms with van der Waals surface area (Å²) in [4.78, 5) is 0. The Balaban J connectivity index is 2.88.